The van der Waals surface area contributed by atoms with Crippen LogP contribution in [0.5, 0.6) is 5.75 Å². The van der Waals surface area contributed by atoms with Gasteiger partial charge in [-0.3, -0.25) is 0 Å². The van der Waals surface area contributed by atoms with E-state index >= 15 is 0 Å². The molecule has 3 rings (SSSR count). The van der Waals surface area contributed by atoms with E-state index in [1.165, 1.54) is 18.5 Å². The summed E-state index contributed by atoms with van der Waals surface area (Å²) in [5.74, 6) is 1.62. The second kappa shape index (κ2) is 5.22. The van der Waals surface area contributed by atoms with E-state index in [9.17, 15) is 0 Å². The fourth-order valence-corrected chi connectivity index (χ4v) is 3.15. The van der Waals surface area contributed by atoms with E-state index in [1.54, 1.807) is 7.11 Å². The Labute approximate surface area is 119 Å². The third kappa shape index (κ3) is 2.67. The molecule has 2 unspecified atom stereocenters. The fraction of sp³-hybridized carbons (Fsp3) is 0.600. The quantitative estimate of drug-likeness (QED) is 0.921. The van der Waals surface area contributed by atoms with E-state index < -0.39 is 0 Å². The fourth-order valence-electron chi connectivity index (χ4n) is 2.90. The lowest BCUT2D eigenvalue weighted by Gasteiger charge is -2.40. The molecule has 0 aromatic heterocycles. The second-order valence-electron chi connectivity index (χ2n) is 5.67. The summed E-state index contributed by atoms with van der Waals surface area (Å²) < 4.78 is 5.22. The number of hydrogen-bond acceptors (Lipinski definition) is 3. The van der Waals surface area contributed by atoms with E-state index in [2.05, 4.69) is 23.2 Å². The zero-order valence-corrected chi connectivity index (χ0v) is 12.3. The summed E-state index contributed by atoms with van der Waals surface area (Å²) in [6.45, 7) is 4.38. The Bertz CT molecular complexity index is 461. The molecule has 0 amide bonds. The Morgan fingerprint density at radius 3 is 2.79 bits per heavy atom. The summed E-state index contributed by atoms with van der Waals surface area (Å²) in [5, 5.41) is 4.36. The number of benzene rings is 1. The molecule has 3 nitrogen and oxygen atoms in total. The van der Waals surface area contributed by atoms with E-state index in [0.717, 1.165) is 24.8 Å². The Morgan fingerprint density at radius 2 is 2.16 bits per heavy atom. The van der Waals surface area contributed by atoms with Crippen LogP contribution >= 0.6 is 11.6 Å². The first-order valence-corrected chi connectivity index (χ1v) is 7.40. The molecule has 1 saturated heterocycles. The molecule has 1 saturated carbocycles. The van der Waals surface area contributed by atoms with Crippen molar-refractivity contribution in [1.29, 1.82) is 0 Å². The van der Waals surface area contributed by atoms with Crippen molar-refractivity contribution < 1.29 is 4.74 Å². The number of halogens is 1. The highest BCUT2D eigenvalue weighted by Crippen LogP contribution is 2.36. The summed E-state index contributed by atoms with van der Waals surface area (Å²) in [6, 6.07) is 7.22. The number of methoxy groups -OCH3 is 1. The number of nitrogens with one attached hydrogen (secondary N) is 1. The first-order valence-electron chi connectivity index (χ1n) is 7.02. The van der Waals surface area contributed by atoms with Crippen molar-refractivity contribution in [3.05, 3.63) is 23.2 Å². The summed E-state index contributed by atoms with van der Waals surface area (Å²) >= 11 is 6.24. The first kappa shape index (κ1) is 13.1. The normalized spacial score (nSPS) is 27.4. The van der Waals surface area contributed by atoms with Crippen LogP contribution in [0.15, 0.2) is 18.2 Å². The molecule has 19 heavy (non-hydrogen) atoms. The molecule has 0 spiro atoms. The van der Waals surface area contributed by atoms with Gasteiger partial charge in [0.15, 0.2) is 0 Å². The van der Waals surface area contributed by atoms with Crippen LogP contribution in [-0.2, 0) is 0 Å². The molecule has 1 aliphatic heterocycles. The maximum Gasteiger partial charge on any atom is 0.137 e. The number of nitrogens with zero attached hydrogens (tertiary/aromatic N) is 1. The lowest BCUT2D eigenvalue weighted by atomic mass is 10.1. The maximum absolute atomic E-state index is 6.24. The molecule has 1 aromatic rings. The van der Waals surface area contributed by atoms with E-state index in [1.807, 2.05) is 12.1 Å². The third-order valence-corrected chi connectivity index (χ3v) is 4.55. The molecule has 4 heteroatoms. The molecule has 2 aliphatic rings. The number of piperazine rings is 1. The van der Waals surface area contributed by atoms with Crippen molar-refractivity contribution in [3.8, 4) is 5.75 Å². The molecule has 0 bridgehead atoms. The summed E-state index contributed by atoms with van der Waals surface area (Å²) in [7, 11) is 1.65. The van der Waals surface area contributed by atoms with Crippen molar-refractivity contribution in [1.82, 2.24) is 5.32 Å². The number of anilines is 1. The topological polar surface area (TPSA) is 24.5 Å². The first-order chi connectivity index (χ1) is 9.19. The monoisotopic (exact) mass is 280 g/mol. The second-order valence-corrected chi connectivity index (χ2v) is 6.08. The van der Waals surface area contributed by atoms with Gasteiger partial charge in [0.2, 0.25) is 0 Å². The van der Waals surface area contributed by atoms with Crippen molar-refractivity contribution in [2.45, 2.75) is 31.8 Å². The lowest BCUT2D eigenvalue weighted by molar-refractivity contribution is 0.375. The van der Waals surface area contributed by atoms with E-state index in [4.69, 9.17) is 16.3 Å². The van der Waals surface area contributed by atoms with Gasteiger partial charge in [-0.2, -0.15) is 0 Å². The molecule has 2 fully saturated rings. The van der Waals surface area contributed by atoms with Crippen molar-refractivity contribution >= 4 is 17.3 Å². The van der Waals surface area contributed by atoms with Gasteiger partial charge in [0.1, 0.15) is 5.75 Å². The van der Waals surface area contributed by atoms with Crippen LogP contribution in [0.3, 0.4) is 0 Å². The largest absolute Gasteiger partial charge is 0.495 e. The van der Waals surface area contributed by atoms with Crippen LogP contribution < -0.4 is 15.0 Å². The minimum atomic E-state index is 0.500. The Hall–Kier alpha value is -0.930. The van der Waals surface area contributed by atoms with Gasteiger partial charge >= 0.3 is 0 Å². The average Bonchev–Trinajstić information content (AvgIpc) is 3.23. The minimum Gasteiger partial charge on any atom is -0.495 e. The van der Waals surface area contributed by atoms with Crippen molar-refractivity contribution in [3.63, 3.8) is 0 Å². The minimum absolute atomic E-state index is 0.500. The Morgan fingerprint density at radius 1 is 1.37 bits per heavy atom. The molecule has 1 N–H and O–H groups in total. The van der Waals surface area contributed by atoms with Crippen LogP contribution in [0.4, 0.5) is 5.69 Å². The Balaban J connectivity index is 1.80. The van der Waals surface area contributed by atoms with Gasteiger partial charge in [0, 0.05) is 30.9 Å². The number of hydrogen-bond donors (Lipinski definition) is 1. The highest BCUT2D eigenvalue weighted by atomic mass is 35.5. The SMILES string of the molecule is COc1ccc(N2CC(C3CC3)NCC2C)cc1Cl. The van der Waals surface area contributed by atoms with Crippen molar-refractivity contribution in [2.75, 3.05) is 25.1 Å². The van der Waals surface area contributed by atoms with Crippen LogP contribution in [0.2, 0.25) is 5.02 Å². The molecular formula is C15H21ClN2O. The van der Waals surface area contributed by atoms with Gasteiger partial charge in [-0.25, -0.2) is 0 Å². The standard InChI is InChI=1S/C15H21ClN2O/c1-10-8-17-14(11-3-4-11)9-18(10)12-5-6-15(19-2)13(16)7-12/h5-7,10-11,14,17H,3-4,8-9H2,1-2H3. The van der Waals surface area contributed by atoms with E-state index in [0.29, 0.717) is 17.1 Å². The summed E-state index contributed by atoms with van der Waals surface area (Å²) in [4.78, 5) is 2.46. The zero-order valence-electron chi connectivity index (χ0n) is 11.5. The molecule has 1 aromatic carbocycles. The predicted octanol–water partition coefficient (Wildman–Crippen LogP) is 2.93. The zero-order chi connectivity index (χ0) is 13.4. The maximum atomic E-state index is 6.24. The third-order valence-electron chi connectivity index (χ3n) is 4.26. The number of ether oxygens (including phenoxy) is 1. The average molecular weight is 281 g/mol. The molecule has 0 radical (unpaired) electrons. The van der Waals surface area contributed by atoms with Gasteiger partial charge in [-0.05, 0) is 43.9 Å². The summed E-state index contributed by atoms with van der Waals surface area (Å²) in [5.41, 5.74) is 1.20. The lowest BCUT2D eigenvalue weighted by Crippen LogP contribution is -2.56. The molecule has 1 aliphatic carbocycles. The highest BCUT2D eigenvalue weighted by molar-refractivity contribution is 6.32. The number of rotatable bonds is 3. The van der Waals surface area contributed by atoms with Crippen LogP contribution in [0.25, 0.3) is 0 Å². The summed E-state index contributed by atoms with van der Waals surface area (Å²) in [6.07, 6.45) is 2.76. The Kier molecular flexibility index (Phi) is 3.59. The van der Waals surface area contributed by atoms with Gasteiger partial charge in [0.05, 0.1) is 12.1 Å². The van der Waals surface area contributed by atoms with Gasteiger partial charge < -0.3 is 15.0 Å². The van der Waals surface area contributed by atoms with Crippen LogP contribution in [-0.4, -0.2) is 32.3 Å². The van der Waals surface area contributed by atoms with Gasteiger partial charge in [-0.15, -0.1) is 0 Å². The van der Waals surface area contributed by atoms with Crippen molar-refractivity contribution in [2.24, 2.45) is 5.92 Å². The van der Waals surface area contributed by atoms with E-state index in [-0.39, 0.29) is 0 Å². The highest BCUT2D eigenvalue weighted by Gasteiger charge is 2.36. The van der Waals surface area contributed by atoms with Gasteiger partial charge in [0.25, 0.3) is 0 Å². The van der Waals surface area contributed by atoms with Crippen LogP contribution in [0.1, 0.15) is 19.8 Å². The van der Waals surface area contributed by atoms with Crippen LogP contribution in [0, 0.1) is 5.92 Å². The molecule has 1 heterocycles. The van der Waals surface area contributed by atoms with Gasteiger partial charge in [-0.1, -0.05) is 11.6 Å². The predicted molar refractivity (Wildman–Crippen MR) is 79.3 cm³/mol. The smallest absolute Gasteiger partial charge is 0.137 e. The molecule has 2 atom stereocenters. The molecular weight excluding hydrogens is 260 g/mol. The molecule has 104 valence electrons.